The molecule has 0 atom stereocenters. The van der Waals surface area contributed by atoms with E-state index in [-0.39, 0.29) is 5.52 Å². The number of oxazole rings is 1. The highest BCUT2D eigenvalue weighted by Crippen LogP contribution is 2.32. The lowest BCUT2D eigenvalue weighted by Gasteiger charge is -2.06. The fourth-order valence-corrected chi connectivity index (χ4v) is 3.36. The summed E-state index contributed by atoms with van der Waals surface area (Å²) in [4.78, 5) is 21.7. The second kappa shape index (κ2) is 7.24. The van der Waals surface area contributed by atoms with Crippen molar-refractivity contribution in [2.45, 2.75) is 0 Å². The third kappa shape index (κ3) is 3.17. The quantitative estimate of drug-likeness (QED) is 0.389. The third-order valence-corrected chi connectivity index (χ3v) is 4.92. The second-order valence-corrected chi connectivity index (χ2v) is 7.06. The van der Waals surface area contributed by atoms with Gasteiger partial charge in [0.2, 0.25) is 5.89 Å². The summed E-state index contributed by atoms with van der Waals surface area (Å²) in [5.74, 6) is 0.590. The van der Waals surface area contributed by atoms with Crippen LogP contribution in [0.5, 0.6) is 0 Å². The first-order valence-electron chi connectivity index (χ1n) is 9.09. The van der Waals surface area contributed by atoms with Crippen LogP contribution in [-0.2, 0) is 0 Å². The largest absolute Gasteiger partial charge is 0.434 e. The molecule has 7 heteroatoms. The van der Waals surface area contributed by atoms with Crippen molar-refractivity contribution in [3.63, 3.8) is 0 Å². The van der Waals surface area contributed by atoms with Crippen LogP contribution in [0.2, 0.25) is 5.02 Å². The van der Waals surface area contributed by atoms with Gasteiger partial charge < -0.3 is 4.42 Å². The first-order chi connectivity index (χ1) is 14.6. The van der Waals surface area contributed by atoms with Crippen LogP contribution in [0.15, 0.2) is 88.3 Å². The number of aromatic nitrogens is 3. The van der Waals surface area contributed by atoms with Gasteiger partial charge in [-0.3, -0.25) is 9.36 Å². The summed E-state index contributed by atoms with van der Waals surface area (Å²) >= 11 is 6.02. The van der Waals surface area contributed by atoms with Gasteiger partial charge in [-0.2, -0.15) is 4.98 Å². The van der Waals surface area contributed by atoms with Gasteiger partial charge in [-0.05, 0) is 48.5 Å². The molecule has 0 N–H and O–H groups in total. The van der Waals surface area contributed by atoms with Crippen LogP contribution in [0.3, 0.4) is 0 Å². The Morgan fingerprint density at radius 1 is 0.967 bits per heavy atom. The number of pyridine rings is 2. The van der Waals surface area contributed by atoms with Gasteiger partial charge in [-0.15, -0.1) is 0 Å². The van der Waals surface area contributed by atoms with Gasteiger partial charge in [0.1, 0.15) is 11.3 Å². The van der Waals surface area contributed by atoms with E-state index in [9.17, 15) is 9.18 Å². The molecule has 5 nitrogen and oxygen atoms in total. The standard InChI is InChI=1S/C23H13ClFN3O2/c24-17-8-6-14(7-9-17)20-21(27-22(30-20)15-4-2-1-3-5-15)28-11-10-16-12-18(25)13-26-19(16)23(28)29/h1-13H. The zero-order chi connectivity index (χ0) is 20.7. The smallest absolute Gasteiger partial charge is 0.282 e. The molecule has 0 bridgehead atoms. The van der Waals surface area contributed by atoms with Crippen molar-refractivity contribution in [3.05, 3.63) is 100 Å². The Bertz CT molecular complexity index is 1430. The van der Waals surface area contributed by atoms with E-state index in [2.05, 4.69) is 9.97 Å². The molecule has 0 spiro atoms. The molecule has 0 radical (unpaired) electrons. The highest BCUT2D eigenvalue weighted by molar-refractivity contribution is 6.30. The normalized spacial score (nSPS) is 11.1. The molecule has 2 aromatic carbocycles. The predicted octanol–water partition coefficient (Wildman–Crippen LogP) is 5.50. The number of benzene rings is 2. The molecule has 0 saturated heterocycles. The summed E-state index contributed by atoms with van der Waals surface area (Å²) in [5, 5.41) is 0.994. The molecule has 0 saturated carbocycles. The number of halogens is 2. The Balaban J connectivity index is 1.76. The molecule has 3 aromatic heterocycles. The van der Waals surface area contributed by atoms with Gasteiger partial charge in [-0.25, -0.2) is 9.37 Å². The lowest BCUT2D eigenvalue weighted by atomic mass is 10.1. The summed E-state index contributed by atoms with van der Waals surface area (Å²) in [6, 6.07) is 19.3. The molecular formula is C23H13ClFN3O2. The van der Waals surface area contributed by atoms with Crippen molar-refractivity contribution in [3.8, 4) is 28.6 Å². The van der Waals surface area contributed by atoms with Crippen molar-refractivity contribution in [1.29, 1.82) is 0 Å². The van der Waals surface area contributed by atoms with E-state index in [0.717, 1.165) is 11.8 Å². The number of hydrogen-bond acceptors (Lipinski definition) is 4. The fourth-order valence-electron chi connectivity index (χ4n) is 3.23. The van der Waals surface area contributed by atoms with Crippen LogP contribution in [0.25, 0.3) is 39.5 Å². The molecule has 0 fully saturated rings. The van der Waals surface area contributed by atoms with Crippen molar-refractivity contribution < 1.29 is 8.81 Å². The van der Waals surface area contributed by atoms with Crippen molar-refractivity contribution >= 4 is 22.5 Å². The molecule has 0 aliphatic rings. The van der Waals surface area contributed by atoms with Crippen molar-refractivity contribution in [2.24, 2.45) is 0 Å². The SMILES string of the molecule is O=c1c2ncc(F)cc2ccn1-c1nc(-c2ccccc2)oc1-c1ccc(Cl)cc1. The minimum atomic E-state index is -0.505. The van der Waals surface area contributed by atoms with E-state index in [4.69, 9.17) is 16.0 Å². The molecule has 30 heavy (non-hydrogen) atoms. The van der Waals surface area contributed by atoms with Gasteiger partial charge in [0.25, 0.3) is 5.56 Å². The summed E-state index contributed by atoms with van der Waals surface area (Å²) in [7, 11) is 0. The highest BCUT2D eigenvalue weighted by Gasteiger charge is 2.20. The maximum absolute atomic E-state index is 13.5. The molecule has 0 unspecified atom stereocenters. The summed E-state index contributed by atoms with van der Waals surface area (Å²) in [6.07, 6.45) is 2.56. The number of nitrogens with zero attached hydrogens (tertiary/aromatic N) is 3. The summed E-state index contributed by atoms with van der Waals surface area (Å²) in [6.45, 7) is 0. The first kappa shape index (κ1) is 18.3. The minimum absolute atomic E-state index is 0.144. The maximum atomic E-state index is 13.5. The van der Waals surface area contributed by atoms with E-state index < -0.39 is 11.4 Å². The number of rotatable bonds is 3. The zero-order valence-corrected chi connectivity index (χ0v) is 16.2. The maximum Gasteiger partial charge on any atom is 0.282 e. The molecule has 0 aliphatic carbocycles. The van der Waals surface area contributed by atoms with Gasteiger partial charge in [0, 0.05) is 27.7 Å². The van der Waals surface area contributed by atoms with Crippen molar-refractivity contribution in [2.75, 3.05) is 0 Å². The minimum Gasteiger partial charge on any atom is -0.434 e. The van der Waals surface area contributed by atoms with E-state index in [1.54, 1.807) is 30.3 Å². The van der Waals surface area contributed by atoms with Gasteiger partial charge in [-0.1, -0.05) is 29.8 Å². The lowest BCUT2D eigenvalue weighted by molar-refractivity contribution is 0.588. The number of fused-ring (bicyclic) bond motifs is 1. The van der Waals surface area contributed by atoms with Crippen LogP contribution in [0.4, 0.5) is 4.39 Å². The molecule has 0 aliphatic heterocycles. The molecular weight excluding hydrogens is 405 g/mol. The predicted molar refractivity (Wildman–Crippen MR) is 113 cm³/mol. The van der Waals surface area contributed by atoms with E-state index in [0.29, 0.717) is 33.4 Å². The van der Waals surface area contributed by atoms with Gasteiger partial charge in [0.15, 0.2) is 11.6 Å². The Hall–Kier alpha value is -3.77. The molecule has 5 aromatic rings. The summed E-state index contributed by atoms with van der Waals surface area (Å²) < 4.78 is 20.9. The van der Waals surface area contributed by atoms with Crippen molar-refractivity contribution in [1.82, 2.24) is 14.5 Å². The fraction of sp³-hybridized carbons (Fsp3) is 0. The lowest BCUT2D eigenvalue weighted by Crippen LogP contribution is -2.19. The zero-order valence-electron chi connectivity index (χ0n) is 15.4. The van der Waals surface area contributed by atoms with E-state index >= 15 is 0 Å². The second-order valence-electron chi connectivity index (χ2n) is 6.63. The van der Waals surface area contributed by atoms with E-state index in [1.807, 2.05) is 30.3 Å². The van der Waals surface area contributed by atoms with Crippen LogP contribution in [0, 0.1) is 5.82 Å². The van der Waals surface area contributed by atoms with Crippen LogP contribution >= 0.6 is 11.6 Å². The average Bonchev–Trinajstić information content (AvgIpc) is 3.20. The van der Waals surface area contributed by atoms with Crippen LogP contribution in [-0.4, -0.2) is 14.5 Å². The average molecular weight is 418 g/mol. The molecule has 0 amide bonds. The first-order valence-corrected chi connectivity index (χ1v) is 9.47. The molecule has 146 valence electrons. The topological polar surface area (TPSA) is 60.9 Å². The van der Waals surface area contributed by atoms with Gasteiger partial charge in [0.05, 0.1) is 6.20 Å². The van der Waals surface area contributed by atoms with Gasteiger partial charge >= 0.3 is 0 Å². The Morgan fingerprint density at radius 2 is 1.73 bits per heavy atom. The molecule has 3 heterocycles. The Labute approximate surface area is 175 Å². The Kier molecular flexibility index (Phi) is 4.41. The monoisotopic (exact) mass is 417 g/mol. The third-order valence-electron chi connectivity index (χ3n) is 4.67. The summed E-state index contributed by atoms with van der Waals surface area (Å²) in [5.41, 5.74) is 1.21. The van der Waals surface area contributed by atoms with E-state index in [1.165, 1.54) is 16.8 Å². The van der Waals surface area contributed by atoms with Crippen LogP contribution < -0.4 is 5.56 Å². The molecule has 5 rings (SSSR count). The Morgan fingerprint density at radius 3 is 2.50 bits per heavy atom. The highest BCUT2D eigenvalue weighted by atomic mass is 35.5. The van der Waals surface area contributed by atoms with Crippen LogP contribution in [0.1, 0.15) is 0 Å². The number of hydrogen-bond donors (Lipinski definition) is 0.